The molecule has 1 saturated heterocycles. The number of nitrogens with one attached hydrogen (secondary N) is 2. The van der Waals surface area contributed by atoms with Gasteiger partial charge in [-0.1, -0.05) is 18.5 Å². The highest BCUT2D eigenvalue weighted by molar-refractivity contribution is 7.89. The summed E-state index contributed by atoms with van der Waals surface area (Å²) < 4.78 is 27.1. The molecule has 7 nitrogen and oxygen atoms in total. The summed E-state index contributed by atoms with van der Waals surface area (Å²) in [5, 5.41) is 0.163. The lowest BCUT2D eigenvalue weighted by Gasteiger charge is -2.22. The van der Waals surface area contributed by atoms with Gasteiger partial charge in [-0.05, 0) is 32.0 Å². The number of aromatic nitrogens is 1. The molecule has 118 valence electrons. The van der Waals surface area contributed by atoms with E-state index in [1.165, 1.54) is 12.3 Å². The largest absolute Gasteiger partial charge is 0.307 e. The van der Waals surface area contributed by atoms with Gasteiger partial charge in [0, 0.05) is 18.8 Å². The van der Waals surface area contributed by atoms with Crippen LogP contribution in [0.3, 0.4) is 0 Å². The zero-order valence-corrected chi connectivity index (χ0v) is 13.4. The van der Waals surface area contributed by atoms with Crippen LogP contribution in [0.1, 0.15) is 19.8 Å². The molecule has 0 aromatic carbocycles. The van der Waals surface area contributed by atoms with Crippen LogP contribution < -0.4 is 16.0 Å². The summed E-state index contributed by atoms with van der Waals surface area (Å²) in [6, 6.07) is 1.58. The molecule has 0 saturated carbocycles. The Labute approximate surface area is 129 Å². The van der Waals surface area contributed by atoms with Crippen molar-refractivity contribution in [3.05, 3.63) is 17.3 Å². The van der Waals surface area contributed by atoms with Crippen molar-refractivity contribution >= 4 is 27.4 Å². The predicted octanol–water partition coefficient (Wildman–Crippen LogP) is 0.783. The standard InChI is InChI=1S/C12H20ClN5O2S/c1-2-18-5-3-4-9(18)7-16-21(19,20)10-6-11(13)12(17-14)15-8-10/h6,8-9,16H,2-5,7,14H2,1H3,(H,15,17). The van der Waals surface area contributed by atoms with E-state index in [1.54, 1.807) is 0 Å². The van der Waals surface area contributed by atoms with Gasteiger partial charge in [0.1, 0.15) is 4.90 Å². The Morgan fingerprint density at radius 2 is 2.33 bits per heavy atom. The van der Waals surface area contributed by atoms with Crippen LogP contribution >= 0.6 is 11.6 Å². The van der Waals surface area contributed by atoms with Gasteiger partial charge < -0.3 is 5.43 Å². The van der Waals surface area contributed by atoms with Gasteiger partial charge in [-0.25, -0.2) is 24.0 Å². The van der Waals surface area contributed by atoms with Gasteiger partial charge in [-0.3, -0.25) is 4.90 Å². The van der Waals surface area contributed by atoms with Crippen molar-refractivity contribution in [3.63, 3.8) is 0 Å². The number of anilines is 1. The monoisotopic (exact) mass is 333 g/mol. The molecule has 21 heavy (non-hydrogen) atoms. The van der Waals surface area contributed by atoms with Crippen molar-refractivity contribution in [2.45, 2.75) is 30.7 Å². The number of nitrogen functional groups attached to an aromatic ring is 1. The maximum Gasteiger partial charge on any atom is 0.242 e. The minimum Gasteiger partial charge on any atom is -0.307 e. The summed E-state index contributed by atoms with van der Waals surface area (Å²) in [5.74, 6) is 5.45. The summed E-state index contributed by atoms with van der Waals surface area (Å²) in [6.45, 7) is 4.42. The lowest BCUT2D eigenvalue weighted by Crippen LogP contribution is -2.40. The molecule has 1 aromatic heterocycles. The van der Waals surface area contributed by atoms with Crippen LogP contribution in [0.2, 0.25) is 5.02 Å². The third kappa shape index (κ3) is 3.83. The number of halogens is 1. The molecule has 0 amide bonds. The van der Waals surface area contributed by atoms with Crippen LogP contribution in [0.25, 0.3) is 0 Å². The van der Waals surface area contributed by atoms with Crippen LogP contribution in [-0.2, 0) is 10.0 Å². The Balaban J connectivity index is 2.06. The molecule has 4 N–H and O–H groups in total. The minimum atomic E-state index is -3.62. The van der Waals surface area contributed by atoms with E-state index in [1.807, 2.05) is 0 Å². The molecule has 0 aliphatic carbocycles. The van der Waals surface area contributed by atoms with Gasteiger partial charge in [0.05, 0.1) is 5.02 Å². The molecule has 2 heterocycles. The number of pyridine rings is 1. The third-order valence-corrected chi connectivity index (χ3v) is 5.36. The number of hydrazine groups is 1. The van der Waals surface area contributed by atoms with E-state index < -0.39 is 10.0 Å². The van der Waals surface area contributed by atoms with E-state index in [4.69, 9.17) is 17.4 Å². The van der Waals surface area contributed by atoms with Crippen molar-refractivity contribution in [3.8, 4) is 0 Å². The number of nitrogens with zero attached hydrogens (tertiary/aromatic N) is 2. The van der Waals surface area contributed by atoms with Crippen LogP contribution in [0.5, 0.6) is 0 Å². The lowest BCUT2D eigenvalue weighted by atomic mass is 10.2. The Morgan fingerprint density at radius 3 is 2.95 bits per heavy atom. The quantitative estimate of drug-likeness (QED) is 0.525. The van der Waals surface area contributed by atoms with Crippen molar-refractivity contribution in [1.29, 1.82) is 0 Å². The summed E-state index contributed by atoms with van der Waals surface area (Å²) >= 11 is 5.90. The van der Waals surface area contributed by atoms with E-state index >= 15 is 0 Å². The van der Waals surface area contributed by atoms with Crippen molar-refractivity contribution in [1.82, 2.24) is 14.6 Å². The number of sulfonamides is 1. The molecule has 0 spiro atoms. The fraction of sp³-hybridized carbons (Fsp3) is 0.583. The SMILES string of the molecule is CCN1CCCC1CNS(=O)(=O)c1cnc(NN)c(Cl)c1. The Kier molecular flexibility index (Phi) is 5.39. The summed E-state index contributed by atoms with van der Waals surface area (Å²) in [6.07, 6.45) is 3.34. The Hall–Kier alpha value is -0.930. The number of hydrogen-bond acceptors (Lipinski definition) is 6. The number of likely N-dealkylation sites (N-methyl/N-ethyl adjacent to an activating group) is 1. The fourth-order valence-corrected chi connectivity index (χ4v) is 3.83. The smallest absolute Gasteiger partial charge is 0.242 e. The minimum absolute atomic E-state index is 0.0348. The van der Waals surface area contributed by atoms with Gasteiger partial charge in [0.25, 0.3) is 0 Å². The number of rotatable bonds is 6. The first-order valence-corrected chi connectivity index (χ1v) is 8.70. The first-order valence-electron chi connectivity index (χ1n) is 6.83. The van der Waals surface area contributed by atoms with Gasteiger partial charge in [0.15, 0.2) is 5.82 Å². The van der Waals surface area contributed by atoms with E-state index in [9.17, 15) is 8.42 Å². The average Bonchev–Trinajstić information content (AvgIpc) is 2.92. The summed E-state index contributed by atoms with van der Waals surface area (Å²) in [4.78, 5) is 6.18. The topological polar surface area (TPSA) is 100 Å². The molecular weight excluding hydrogens is 314 g/mol. The summed E-state index contributed by atoms with van der Waals surface area (Å²) in [5.41, 5.74) is 2.30. The molecule has 1 unspecified atom stereocenters. The average molecular weight is 334 g/mol. The Bertz CT molecular complexity index is 595. The molecule has 9 heteroatoms. The second kappa shape index (κ2) is 6.89. The van der Waals surface area contributed by atoms with E-state index in [0.29, 0.717) is 6.54 Å². The maximum absolute atomic E-state index is 12.3. The highest BCUT2D eigenvalue weighted by Gasteiger charge is 2.25. The van der Waals surface area contributed by atoms with Crippen LogP contribution in [0.4, 0.5) is 5.82 Å². The molecular formula is C12H20ClN5O2S. The zero-order chi connectivity index (χ0) is 15.5. The zero-order valence-electron chi connectivity index (χ0n) is 11.8. The summed E-state index contributed by atoms with van der Waals surface area (Å²) in [7, 11) is -3.62. The van der Waals surface area contributed by atoms with Crippen molar-refractivity contribution in [2.24, 2.45) is 5.84 Å². The highest BCUT2D eigenvalue weighted by Crippen LogP contribution is 2.22. The molecule has 0 radical (unpaired) electrons. The van der Waals surface area contributed by atoms with Gasteiger partial charge >= 0.3 is 0 Å². The molecule has 1 fully saturated rings. The first kappa shape index (κ1) is 16.4. The maximum atomic E-state index is 12.3. The Morgan fingerprint density at radius 1 is 1.57 bits per heavy atom. The van der Waals surface area contributed by atoms with Crippen LogP contribution in [0, 0.1) is 0 Å². The second-order valence-electron chi connectivity index (χ2n) is 4.92. The highest BCUT2D eigenvalue weighted by atomic mass is 35.5. The van der Waals surface area contributed by atoms with Gasteiger partial charge in [-0.2, -0.15) is 0 Å². The van der Waals surface area contributed by atoms with E-state index in [0.717, 1.165) is 25.9 Å². The van der Waals surface area contributed by atoms with E-state index in [2.05, 4.69) is 27.0 Å². The normalized spacial score (nSPS) is 19.9. The van der Waals surface area contributed by atoms with Gasteiger partial charge in [0.2, 0.25) is 10.0 Å². The molecule has 2 rings (SSSR count). The molecule has 1 aromatic rings. The van der Waals surface area contributed by atoms with Crippen molar-refractivity contribution in [2.75, 3.05) is 25.1 Å². The molecule has 1 aliphatic heterocycles. The predicted molar refractivity (Wildman–Crippen MR) is 82.5 cm³/mol. The fourth-order valence-electron chi connectivity index (χ4n) is 2.51. The molecule has 1 atom stereocenters. The van der Waals surface area contributed by atoms with Gasteiger partial charge in [-0.15, -0.1) is 0 Å². The second-order valence-corrected chi connectivity index (χ2v) is 7.10. The van der Waals surface area contributed by atoms with Crippen LogP contribution in [0.15, 0.2) is 17.2 Å². The third-order valence-electron chi connectivity index (χ3n) is 3.68. The first-order chi connectivity index (χ1) is 9.97. The number of likely N-dealkylation sites (tertiary alicyclic amines) is 1. The van der Waals surface area contributed by atoms with Crippen LogP contribution in [-0.4, -0.2) is 44.0 Å². The molecule has 1 aliphatic rings. The number of hydrogen-bond donors (Lipinski definition) is 3. The van der Waals surface area contributed by atoms with E-state index in [-0.39, 0.29) is 21.8 Å². The van der Waals surface area contributed by atoms with Crippen molar-refractivity contribution < 1.29 is 8.42 Å². The molecule has 0 bridgehead atoms. The lowest BCUT2D eigenvalue weighted by molar-refractivity contribution is 0.268. The number of nitrogens with two attached hydrogens (primary N) is 1.